The molecule has 3 aromatic carbocycles. The lowest BCUT2D eigenvalue weighted by atomic mass is 9.90. The average molecular weight is 544 g/mol. The first-order valence-corrected chi connectivity index (χ1v) is 13.0. The SMILES string of the molecule is CC(=O)N(CCN(C)C)c1ccc(N=C(c2ccc(N3CCOC3=O)cc2)C2C(=O)Nc3cc(F)ccc32)cc1. The van der Waals surface area contributed by atoms with E-state index < -0.39 is 17.8 Å². The minimum atomic E-state index is -0.772. The fourth-order valence-electron chi connectivity index (χ4n) is 4.86. The molecule has 0 spiro atoms. The smallest absolute Gasteiger partial charge is 0.414 e. The number of amides is 3. The van der Waals surface area contributed by atoms with Crippen LogP contribution in [0.2, 0.25) is 0 Å². The van der Waals surface area contributed by atoms with Crippen molar-refractivity contribution in [1.82, 2.24) is 4.90 Å². The Kier molecular flexibility index (Phi) is 7.61. The fourth-order valence-corrected chi connectivity index (χ4v) is 4.86. The van der Waals surface area contributed by atoms with Gasteiger partial charge in [0, 0.05) is 37.1 Å². The van der Waals surface area contributed by atoms with E-state index in [9.17, 15) is 18.8 Å². The Morgan fingerprint density at radius 3 is 2.40 bits per heavy atom. The molecule has 1 atom stereocenters. The summed E-state index contributed by atoms with van der Waals surface area (Å²) < 4.78 is 19.0. The Morgan fingerprint density at radius 1 is 1.05 bits per heavy atom. The van der Waals surface area contributed by atoms with Crippen molar-refractivity contribution in [1.29, 1.82) is 0 Å². The van der Waals surface area contributed by atoms with Gasteiger partial charge in [0.15, 0.2) is 0 Å². The van der Waals surface area contributed by atoms with Crippen molar-refractivity contribution < 1.29 is 23.5 Å². The van der Waals surface area contributed by atoms with Crippen molar-refractivity contribution in [3.63, 3.8) is 0 Å². The van der Waals surface area contributed by atoms with Crippen LogP contribution >= 0.6 is 0 Å². The number of hydrogen-bond acceptors (Lipinski definition) is 6. The van der Waals surface area contributed by atoms with E-state index in [2.05, 4.69) is 5.32 Å². The van der Waals surface area contributed by atoms with E-state index in [0.717, 1.165) is 5.69 Å². The normalized spacial score (nSPS) is 16.7. The van der Waals surface area contributed by atoms with Crippen molar-refractivity contribution in [2.24, 2.45) is 4.99 Å². The lowest BCUT2D eigenvalue weighted by Crippen LogP contribution is -2.35. The minimum absolute atomic E-state index is 0.0628. The van der Waals surface area contributed by atoms with Crippen LogP contribution in [0.3, 0.4) is 0 Å². The quantitative estimate of drug-likeness (QED) is 0.421. The van der Waals surface area contributed by atoms with Crippen LogP contribution in [0, 0.1) is 5.82 Å². The number of hydrogen-bond donors (Lipinski definition) is 1. The number of likely N-dealkylation sites (N-methyl/N-ethyl adjacent to an activating group) is 1. The number of nitrogens with one attached hydrogen (secondary N) is 1. The highest BCUT2D eigenvalue weighted by atomic mass is 19.1. The average Bonchev–Trinajstić information content (AvgIpc) is 3.49. The maximum Gasteiger partial charge on any atom is 0.414 e. The van der Waals surface area contributed by atoms with E-state index in [0.29, 0.717) is 60.1 Å². The standard InChI is InChI=1S/C30H30FN5O4/c1-19(37)35(15-14-34(2)3)23-11-7-22(8-12-23)32-28(27-25-13-6-21(31)18-26(25)33-29(27)38)20-4-9-24(10-5-20)36-16-17-40-30(36)39/h4-13,18,27H,14-17H2,1-3H3,(H,33,38). The van der Waals surface area contributed by atoms with Gasteiger partial charge in [-0.2, -0.15) is 0 Å². The Balaban J connectivity index is 1.52. The zero-order chi connectivity index (χ0) is 28.4. The van der Waals surface area contributed by atoms with Crippen LogP contribution < -0.4 is 15.1 Å². The van der Waals surface area contributed by atoms with E-state index in [1.54, 1.807) is 35.2 Å². The molecular formula is C30H30FN5O4. The number of anilines is 3. The molecule has 0 bridgehead atoms. The highest BCUT2D eigenvalue weighted by Gasteiger charge is 2.36. The van der Waals surface area contributed by atoms with Crippen LogP contribution in [0.5, 0.6) is 0 Å². The largest absolute Gasteiger partial charge is 0.447 e. The first-order valence-electron chi connectivity index (χ1n) is 13.0. The van der Waals surface area contributed by atoms with Crippen LogP contribution in [0.25, 0.3) is 0 Å². The molecule has 3 amide bonds. The fraction of sp³-hybridized carbons (Fsp3) is 0.267. The number of ether oxygens (including phenoxy) is 1. The third-order valence-electron chi connectivity index (χ3n) is 6.92. The Labute approximate surface area is 231 Å². The summed E-state index contributed by atoms with van der Waals surface area (Å²) in [6.07, 6.45) is -0.405. The lowest BCUT2D eigenvalue weighted by molar-refractivity contribution is -0.117. The second kappa shape index (κ2) is 11.3. The molecule has 9 nitrogen and oxygen atoms in total. The molecule has 1 unspecified atom stereocenters. The molecule has 0 aliphatic carbocycles. The topological polar surface area (TPSA) is 94.6 Å². The monoisotopic (exact) mass is 543 g/mol. The molecule has 2 aliphatic heterocycles. The Bertz CT molecular complexity index is 1470. The first kappa shape index (κ1) is 27.0. The molecule has 1 N–H and O–H groups in total. The molecule has 10 heteroatoms. The molecular weight excluding hydrogens is 513 g/mol. The predicted molar refractivity (Wildman–Crippen MR) is 152 cm³/mol. The van der Waals surface area contributed by atoms with E-state index >= 15 is 0 Å². The number of rotatable bonds is 8. The number of benzene rings is 3. The lowest BCUT2D eigenvalue weighted by Gasteiger charge is -2.23. The number of halogens is 1. The minimum Gasteiger partial charge on any atom is -0.447 e. The van der Waals surface area contributed by atoms with Crippen LogP contribution in [0.15, 0.2) is 71.7 Å². The first-order chi connectivity index (χ1) is 19.2. The van der Waals surface area contributed by atoms with E-state index in [-0.39, 0.29) is 11.8 Å². The number of carbonyl (C=O) groups is 3. The Hall–Kier alpha value is -4.57. The summed E-state index contributed by atoms with van der Waals surface area (Å²) in [7, 11) is 3.90. The molecule has 0 aromatic heterocycles. The molecule has 0 saturated carbocycles. The zero-order valence-electron chi connectivity index (χ0n) is 22.6. The third kappa shape index (κ3) is 5.57. The van der Waals surface area contributed by atoms with Crippen LogP contribution in [-0.4, -0.2) is 68.9 Å². The molecule has 5 rings (SSSR count). The predicted octanol–water partition coefficient (Wildman–Crippen LogP) is 4.55. The second-order valence-electron chi connectivity index (χ2n) is 9.95. The van der Waals surface area contributed by atoms with Gasteiger partial charge in [-0.25, -0.2) is 9.18 Å². The maximum absolute atomic E-state index is 13.9. The summed E-state index contributed by atoms with van der Waals surface area (Å²) in [5, 5.41) is 2.77. The molecule has 40 heavy (non-hydrogen) atoms. The molecule has 206 valence electrons. The number of nitrogens with zero attached hydrogens (tertiary/aromatic N) is 4. The maximum atomic E-state index is 13.9. The highest BCUT2D eigenvalue weighted by molar-refractivity contribution is 6.24. The van der Waals surface area contributed by atoms with Crippen molar-refractivity contribution in [3.05, 3.63) is 83.7 Å². The van der Waals surface area contributed by atoms with E-state index in [1.807, 2.05) is 43.3 Å². The number of fused-ring (bicyclic) bond motifs is 1. The molecule has 3 aromatic rings. The highest BCUT2D eigenvalue weighted by Crippen LogP contribution is 2.37. The molecule has 2 aliphatic rings. The van der Waals surface area contributed by atoms with Gasteiger partial charge in [0.1, 0.15) is 18.3 Å². The van der Waals surface area contributed by atoms with Gasteiger partial charge < -0.3 is 19.9 Å². The summed E-state index contributed by atoms with van der Waals surface area (Å²) in [4.78, 5) is 47.6. The van der Waals surface area contributed by atoms with Crippen LogP contribution in [0.1, 0.15) is 24.0 Å². The summed E-state index contributed by atoms with van der Waals surface area (Å²) in [5.74, 6) is -1.59. The van der Waals surface area contributed by atoms with E-state index in [4.69, 9.17) is 9.73 Å². The summed E-state index contributed by atoms with van der Waals surface area (Å²) in [6.45, 7) is 3.58. The second-order valence-corrected chi connectivity index (χ2v) is 9.95. The van der Waals surface area contributed by atoms with Crippen LogP contribution in [-0.2, 0) is 14.3 Å². The van der Waals surface area contributed by atoms with Gasteiger partial charge >= 0.3 is 6.09 Å². The van der Waals surface area contributed by atoms with Gasteiger partial charge in [-0.3, -0.25) is 19.5 Å². The van der Waals surface area contributed by atoms with E-state index in [1.165, 1.54) is 24.0 Å². The Morgan fingerprint density at radius 2 is 1.77 bits per heavy atom. The van der Waals surface area contributed by atoms with Crippen molar-refractivity contribution in [2.45, 2.75) is 12.8 Å². The number of aliphatic imine (C=N–C) groups is 1. The van der Waals surface area contributed by atoms with Crippen molar-refractivity contribution in [2.75, 3.05) is 55.5 Å². The molecule has 1 saturated heterocycles. The van der Waals surface area contributed by atoms with Gasteiger partial charge in [0.05, 0.1) is 17.9 Å². The zero-order valence-corrected chi connectivity index (χ0v) is 22.6. The third-order valence-corrected chi connectivity index (χ3v) is 6.92. The molecule has 0 radical (unpaired) electrons. The summed E-state index contributed by atoms with van der Waals surface area (Å²) in [6, 6.07) is 18.7. The molecule has 2 heterocycles. The summed E-state index contributed by atoms with van der Waals surface area (Å²) >= 11 is 0. The van der Waals surface area contributed by atoms with Gasteiger partial charge in [-0.15, -0.1) is 0 Å². The molecule has 1 fully saturated rings. The van der Waals surface area contributed by atoms with Gasteiger partial charge in [-0.1, -0.05) is 18.2 Å². The van der Waals surface area contributed by atoms with Crippen molar-refractivity contribution >= 4 is 46.4 Å². The van der Waals surface area contributed by atoms with Crippen molar-refractivity contribution in [3.8, 4) is 0 Å². The van der Waals surface area contributed by atoms with Crippen LogP contribution in [0.4, 0.5) is 31.9 Å². The van der Waals surface area contributed by atoms with Gasteiger partial charge in [0.25, 0.3) is 0 Å². The van der Waals surface area contributed by atoms with Gasteiger partial charge in [0.2, 0.25) is 11.8 Å². The summed E-state index contributed by atoms with van der Waals surface area (Å²) in [5.41, 5.74) is 4.20. The number of cyclic esters (lactones) is 1. The van der Waals surface area contributed by atoms with Gasteiger partial charge in [-0.05, 0) is 73.8 Å². The number of carbonyl (C=O) groups excluding carboxylic acids is 3.